The fourth-order valence-corrected chi connectivity index (χ4v) is 3.22. The molecule has 1 aromatic heterocycles. The smallest absolute Gasteiger partial charge is 0.315 e. The van der Waals surface area contributed by atoms with Gasteiger partial charge in [-0.25, -0.2) is 4.79 Å². The Morgan fingerprint density at radius 1 is 1.15 bits per heavy atom. The molecule has 1 aliphatic rings. The molecule has 0 bridgehead atoms. The quantitative estimate of drug-likeness (QED) is 0.817. The highest BCUT2D eigenvalue weighted by Gasteiger charge is 2.25. The van der Waals surface area contributed by atoms with E-state index >= 15 is 0 Å². The van der Waals surface area contributed by atoms with Crippen LogP contribution in [0.25, 0.3) is 0 Å². The van der Waals surface area contributed by atoms with Crippen LogP contribution in [-0.4, -0.2) is 43.1 Å². The lowest BCUT2D eigenvalue weighted by Gasteiger charge is -2.31. The zero-order valence-electron chi connectivity index (χ0n) is 15.4. The first kappa shape index (κ1) is 19.0. The molecule has 2 N–H and O–H groups in total. The van der Waals surface area contributed by atoms with Crippen molar-refractivity contribution in [2.24, 2.45) is 0 Å². The van der Waals surface area contributed by atoms with Gasteiger partial charge in [-0.2, -0.15) is 0 Å². The normalized spacial score (nSPS) is 14.8. The van der Waals surface area contributed by atoms with Crippen molar-refractivity contribution in [3.05, 3.63) is 59.5 Å². The van der Waals surface area contributed by atoms with E-state index in [1.807, 2.05) is 24.3 Å². The monoisotopic (exact) mass is 371 g/mol. The Morgan fingerprint density at radius 3 is 2.56 bits per heavy atom. The number of amides is 3. The fraction of sp³-hybridized carbons (Fsp3) is 0.400. The summed E-state index contributed by atoms with van der Waals surface area (Å²) in [5, 5.41) is 5.89. The van der Waals surface area contributed by atoms with Crippen molar-refractivity contribution in [2.45, 2.75) is 32.0 Å². The van der Waals surface area contributed by atoms with Gasteiger partial charge in [0.05, 0.1) is 12.9 Å². The lowest BCUT2D eigenvalue weighted by atomic mass is 10.0. The van der Waals surface area contributed by atoms with Crippen LogP contribution in [0.4, 0.5) is 4.79 Å². The number of furan rings is 1. The molecule has 0 unspecified atom stereocenters. The Labute approximate surface area is 158 Å². The molecule has 1 aliphatic heterocycles. The zero-order valence-corrected chi connectivity index (χ0v) is 15.4. The number of carbonyl (C=O) groups is 2. The molecule has 7 heteroatoms. The number of nitrogens with one attached hydrogen (secondary N) is 2. The maximum Gasteiger partial charge on any atom is 0.315 e. The lowest BCUT2D eigenvalue weighted by molar-refractivity contribution is 0.0676. The van der Waals surface area contributed by atoms with Crippen LogP contribution in [0.3, 0.4) is 0 Å². The third-order valence-corrected chi connectivity index (χ3v) is 4.71. The molecular weight excluding hydrogens is 346 g/mol. The highest BCUT2D eigenvalue weighted by atomic mass is 16.5. The number of hydrogen-bond donors (Lipinski definition) is 2. The summed E-state index contributed by atoms with van der Waals surface area (Å²) in [7, 11) is 1.65. The van der Waals surface area contributed by atoms with E-state index in [1.165, 1.54) is 6.26 Å². The summed E-state index contributed by atoms with van der Waals surface area (Å²) in [6.45, 7) is 2.16. The molecule has 0 spiro atoms. The third-order valence-electron chi connectivity index (χ3n) is 4.71. The Morgan fingerprint density at radius 2 is 1.89 bits per heavy atom. The zero-order chi connectivity index (χ0) is 19.1. The summed E-state index contributed by atoms with van der Waals surface area (Å²) in [6, 6.07) is 11.1. The largest absolute Gasteiger partial charge is 0.459 e. The number of methoxy groups -OCH3 is 1. The van der Waals surface area contributed by atoms with Crippen molar-refractivity contribution in [3.63, 3.8) is 0 Å². The molecule has 1 saturated heterocycles. The first-order valence-electron chi connectivity index (χ1n) is 9.10. The minimum Gasteiger partial charge on any atom is -0.459 e. The van der Waals surface area contributed by atoms with Crippen molar-refractivity contribution in [1.29, 1.82) is 0 Å². The lowest BCUT2D eigenvalue weighted by Crippen LogP contribution is -2.49. The second-order valence-corrected chi connectivity index (χ2v) is 6.57. The second kappa shape index (κ2) is 9.23. The predicted molar refractivity (Wildman–Crippen MR) is 100 cm³/mol. The standard InChI is InChI=1S/C20H25N3O4/c1-26-14-16-6-3-2-5-15(16)13-21-20(25)22-17-8-10-23(11-9-17)19(24)18-7-4-12-27-18/h2-7,12,17H,8-11,13-14H2,1H3,(H2,21,22,25). The Bertz CT molecular complexity index is 752. The first-order chi connectivity index (χ1) is 13.2. The number of rotatable bonds is 6. The SMILES string of the molecule is COCc1ccccc1CNC(=O)NC1CCN(C(=O)c2ccco2)CC1. The van der Waals surface area contributed by atoms with Gasteiger partial charge in [-0.1, -0.05) is 24.3 Å². The molecule has 3 rings (SSSR count). The average Bonchev–Trinajstić information content (AvgIpc) is 3.22. The molecule has 2 aromatic rings. The van der Waals surface area contributed by atoms with Crippen molar-refractivity contribution < 1.29 is 18.7 Å². The number of nitrogens with zero attached hydrogens (tertiary/aromatic N) is 1. The van der Waals surface area contributed by atoms with Gasteiger partial charge in [0.2, 0.25) is 0 Å². The summed E-state index contributed by atoms with van der Waals surface area (Å²) in [5.41, 5.74) is 2.10. The number of urea groups is 1. The summed E-state index contributed by atoms with van der Waals surface area (Å²) in [6.07, 6.45) is 2.94. The Balaban J connectivity index is 1.43. The van der Waals surface area contributed by atoms with E-state index in [0.29, 0.717) is 32.0 Å². The van der Waals surface area contributed by atoms with E-state index in [2.05, 4.69) is 10.6 Å². The van der Waals surface area contributed by atoms with Crippen LogP contribution in [-0.2, 0) is 17.9 Å². The highest BCUT2D eigenvalue weighted by Crippen LogP contribution is 2.14. The van der Waals surface area contributed by atoms with Gasteiger partial charge in [0, 0.05) is 32.8 Å². The number of likely N-dealkylation sites (tertiary alicyclic amines) is 1. The van der Waals surface area contributed by atoms with Crippen molar-refractivity contribution in [2.75, 3.05) is 20.2 Å². The molecule has 0 atom stereocenters. The van der Waals surface area contributed by atoms with Gasteiger partial charge in [-0.3, -0.25) is 4.79 Å². The van der Waals surface area contributed by atoms with Gasteiger partial charge >= 0.3 is 6.03 Å². The number of benzene rings is 1. The molecule has 2 heterocycles. The van der Waals surface area contributed by atoms with Gasteiger partial charge in [0.1, 0.15) is 0 Å². The molecule has 0 radical (unpaired) electrons. The Hall–Kier alpha value is -2.80. The fourth-order valence-electron chi connectivity index (χ4n) is 3.22. The van der Waals surface area contributed by atoms with Gasteiger partial charge in [-0.05, 0) is 36.1 Å². The van der Waals surface area contributed by atoms with E-state index in [-0.39, 0.29) is 18.0 Å². The summed E-state index contributed by atoms with van der Waals surface area (Å²) >= 11 is 0. The topological polar surface area (TPSA) is 83.8 Å². The maximum atomic E-state index is 12.3. The molecule has 27 heavy (non-hydrogen) atoms. The first-order valence-corrected chi connectivity index (χ1v) is 9.10. The molecular formula is C20H25N3O4. The molecule has 0 saturated carbocycles. The van der Waals surface area contributed by atoms with Gasteiger partial charge in [-0.15, -0.1) is 0 Å². The minimum atomic E-state index is -0.196. The third kappa shape index (κ3) is 5.10. The summed E-state index contributed by atoms with van der Waals surface area (Å²) in [4.78, 5) is 26.2. The van der Waals surface area contributed by atoms with Crippen LogP contribution in [0.2, 0.25) is 0 Å². The molecule has 1 fully saturated rings. The predicted octanol–water partition coefficient (Wildman–Crippen LogP) is 2.53. The number of carbonyl (C=O) groups excluding carboxylic acids is 2. The molecule has 7 nitrogen and oxygen atoms in total. The van der Waals surface area contributed by atoms with Gasteiger partial charge in [0.25, 0.3) is 5.91 Å². The van der Waals surface area contributed by atoms with Crippen LogP contribution in [0.5, 0.6) is 0 Å². The molecule has 3 amide bonds. The van der Waals surface area contributed by atoms with E-state index in [4.69, 9.17) is 9.15 Å². The number of hydrogen-bond acceptors (Lipinski definition) is 4. The highest BCUT2D eigenvalue weighted by molar-refractivity contribution is 5.91. The second-order valence-electron chi connectivity index (χ2n) is 6.57. The van der Waals surface area contributed by atoms with E-state index < -0.39 is 0 Å². The summed E-state index contributed by atoms with van der Waals surface area (Å²) < 4.78 is 10.3. The minimum absolute atomic E-state index is 0.0554. The van der Waals surface area contributed by atoms with Crippen LogP contribution >= 0.6 is 0 Å². The van der Waals surface area contributed by atoms with Gasteiger partial charge in [0.15, 0.2) is 5.76 Å². The van der Waals surface area contributed by atoms with Crippen molar-refractivity contribution >= 4 is 11.9 Å². The van der Waals surface area contributed by atoms with Crippen LogP contribution in [0.1, 0.15) is 34.5 Å². The number of piperidine rings is 1. The van der Waals surface area contributed by atoms with E-state index in [9.17, 15) is 9.59 Å². The van der Waals surface area contributed by atoms with Gasteiger partial charge < -0.3 is 24.7 Å². The van der Waals surface area contributed by atoms with Crippen molar-refractivity contribution in [1.82, 2.24) is 15.5 Å². The van der Waals surface area contributed by atoms with Crippen LogP contribution in [0.15, 0.2) is 47.1 Å². The van der Waals surface area contributed by atoms with Crippen LogP contribution < -0.4 is 10.6 Å². The van der Waals surface area contributed by atoms with E-state index in [0.717, 1.165) is 24.0 Å². The van der Waals surface area contributed by atoms with Crippen LogP contribution in [0, 0.1) is 0 Å². The summed E-state index contributed by atoms with van der Waals surface area (Å²) in [5.74, 6) is 0.256. The van der Waals surface area contributed by atoms with E-state index in [1.54, 1.807) is 24.1 Å². The molecule has 144 valence electrons. The molecule has 0 aliphatic carbocycles. The molecule has 1 aromatic carbocycles. The average molecular weight is 371 g/mol. The number of ether oxygens (including phenoxy) is 1. The van der Waals surface area contributed by atoms with Crippen molar-refractivity contribution in [3.8, 4) is 0 Å². The maximum absolute atomic E-state index is 12.3. The Kier molecular flexibility index (Phi) is 6.49.